The van der Waals surface area contributed by atoms with Crippen LogP contribution in [0.1, 0.15) is 50.0 Å². The fourth-order valence-electron chi connectivity index (χ4n) is 3.58. The van der Waals surface area contributed by atoms with Gasteiger partial charge in [0, 0.05) is 37.8 Å². The van der Waals surface area contributed by atoms with Gasteiger partial charge in [0.15, 0.2) is 0 Å². The monoisotopic (exact) mass is 411 g/mol. The number of urea groups is 1. The minimum absolute atomic E-state index is 0.0532. The Labute approximate surface area is 166 Å². The van der Waals surface area contributed by atoms with Crippen LogP contribution in [-0.4, -0.2) is 38.4 Å². The highest BCUT2D eigenvalue weighted by atomic mass is 19.4. The molecule has 1 aromatic carbocycles. The molecular formula is C19H24F3N5O2. The highest BCUT2D eigenvalue weighted by Gasteiger charge is 2.31. The van der Waals surface area contributed by atoms with Gasteiger partial charge in [0.2, 0.25) is 0 Å². The Kier molecular flexibility index (Phi) is 5.72. The zero-order valence-electron chi connectivity index (χ0n) is 16.5. The number of benzene rings is 1. The number of anilines is 1. The predicted molar refractivity (Wildman–Crippen MR) is 102 cm³/mol. The molecule has 1 N–H and O–H groups in total. The molecule has 1 aromatic heterocycles. The van der Waals surface area contributed by atoms with Crippen molar-refractivity contribution >= 4 is 11.7 Å². The molecule has 2 amide bonds. The van der Waals surface area contributed by atoms with Crippen LogP contribution in [0.4, 0.5) is 23.7 Å². The number of nitrogens with one attached hydrogen (secondary N) is 1. The maximum Gasteiger partial charge on any atom is 0.416 e. The van der Waals surface area contributed by atoms with Gasteiger partial charge in [-0.15, -0.1) is 0 Å². The van der Waals surface area contributed by atoms with E-state index in [4.69, 9.17) is 0 Å². The molecule has 1 aliphatic rings. The zero-order valence-corrected chi connectivity index (χ0v) is 16.5. The van der Waals surface area contributed by atoms with E-state index in [1.165, 1.54) is 16.8 Å². The number of amides is 2. The van der Waals surface area contributed by atoms with Crippen LogP contribution in [0.25, 0.3) is 0 Å². The summed E-state index contributed by atoms with van der Waals surface area (Å²) >= 11 is 0. The van der Waals surface area contributed by atoms with Crippen molar-refractivity contribution in [1.29, 1.82) is 0 Å². The van der Waals surface area contributed by atoms with Gasteiger partial charge in [-0.05, 0) is 51.0 Å². The van der Waals surface area contributed by atoms with Gasteiger partial charge in [0.05, 0.1) is 5.56 Å². The number of piperidine rings is 1. The average molecular weight is 411 g/mol. The molecule has 1 unspecified atom stereocenters. The van der Waals surface area contributed by atoms with Crippen LogP contribution in [0.2, 0.25) is 0 Å². The van der Waals surface area contributed by atoms with Crippen molar-refractivity contribution in [1.82, 2.24) is 19.2 Å². The van der Waals surface area contributed by atoms with Crippen LogP contribution in [0.15, 0.2) is 29.1 Å². The summed E-state index contributed by atoms with van der Waals surface area (Å²) in [4.78, 5) is 26.5. The second kappa shape index (κ2) is 7.92. The standard InChI is InChI=1S/C19H24F3N5O2/c1-12(2)27-16(24-25(3)18(27)29)13-5-4-10-26(11-13)17(28)23-15-8-6-14(7-9-15)19(20,21)22/h6-9,12-13H,4-5,10-11H2,1-3H3,(H,23,28). The van der Waals surface area contributed by atoms with Crippen molar-refractivity contribution < 1.29 is 18.0 Å². The van der Waals surface area contributed by atoms with E-state index in [9.17, 15) is 22.8 Å². The third kappa shape index (κ3) is 4.46. The van der Waals surface area contributed by atoms with Crippen LogP contribution >= 0.6 is 0 Å². The smallest absolute Gasteiger partial charge is 0.324 e. The number of hydrogen-bond acceptors (Lipinski definition) is 3. The minimum atomic E-state index is -4.42. The van der Waals surface area contributed by atoms with Gasteiger partial charge in [-0.1, -0.05) is 0 Å². The SMILES string of the molecule is CC(C)n1c(C2CCCN(C(=O)Nc3ccc(C(F)(F)F)cc3)C2)nn(C)c1=O. The van der Waals surface area contributed by atoms with Crippen molar-refractivity contribution in [2.45, 2.75) is 44.8 Å². The number of rotatable bonds is 3. The number of hydrogen-bond donors (Lipinski definition) is 1. The number of carbonyl (C=O) groups excluding carboxylic acids is 1. The van der Waals surface area contributed by atoms with Gasteiger partial charge in [0.25, 0.3) is 0 Å². The first-order valence-corrected chi connectivity index (χ1v) is 9.46. The molecular weight excluding hydrogens is 387 g/mol. The summed E-state index contributed by atoms with van der Waals surface area (Å²) in [6.45, 7) is 4.73. The van der Waals surface area contributed by atoms with Gasteiger partial charge in [-0.3, -0.25) is 4.57 Å². The number of nitrogens with zero attached hydrogens (tertiary/aromatic N) is 4. The molecule has 158 valence electrons. The fourth-order valence-corrected chi connectivity index (χ4v) is 3.58. The molecule has 1 fully saturated rings. The predicted octanol–water partition coefficient (Wildman–Crippen LogP) is 3.59. The van der Waals surface area contributed by atoms with Crippen molar-refractivity contribution in [3.63, 3.8) is 0 Å². The van der Waals surface area contributed by atoms with E-state index in [0.29, 0.717) is 24.6 Å². The molecule has 1 aliphatic heterocycles. The Balaban J connectivity index is 1.72. The first-order valence-electron chi connectivity index (χ1n) is 9.46. The van der Waals surface area contributed by atoms with Crippen molar-refractivity contribution in [2.24, 2.45) is 7.05 Å². The van der Waals surface area contributed by atoms with Gasteiger partial charge >= 0.3 is 17.9 Å². The second-order valence-electron chi connectivity index (χ2n) is 7.52. The summed E-state index contributed by atoms with van der Waals surface area (Å²) in [5.41, 5.74) is -0.668. The molecule has 0 aliphatic carbocycles. The number of aryl methyl sites for hydroxylation is 1. The summed E-state index contributed by atoms with van der Waals surface area (Å²) < 4.78 is 41.0. The lowest BCUT2D eigenvalue weighted by atomic mass is 9.97. The molecule has 29 heavy (non-hydrogen) atoms. The van der Waals surface area contributed by atoms with Crippen LogP contribution in [-0.2, 0) is 13.2 Å². The first-order chi connectivity index (χ1) is 13.6. The quantitative estimate of drug-likeness (QED) is 0.839. The molecule has 0 spiro atoms. The summed E-state index contributed by atoms with van der Waals surface area (Å²) in [5, 5.41) is 7.01. The summed E-state index contributed by atoms with van der Waals surface area (Å²) in [6, 6.07) is 3.90. The largest absolute Gasteiger partial charge is 0.416 e. The van der Waals surface area contributed by atoms with E-state index in [-0.39, 0.29) is 23.7 Å². The fraction of sp³-hybridized carbons (Fsp3) is 0.526. The van der Waals surface area contributed by atoms with Gasteiger partial charge in [-0.25, -0.2) is 14.3 Å². The summed E-state index contributed by atoms with van der Waals surface area (Å²) in [5.74, 6) is 0.568. The van der Waals surface area contributed by atoms with E-state index in [2.05, 4.69) is 10.4 Å². The lowest BCUT2D eigenvalue weighted by molar-refractivity contribution is -0.137. The Morgan fingerprint density at radius 2 is 1.90 bits per heavy atom. The molecule has 0 bridgehead atoms. The first kappa shape index (κ1) is 20.9. The van der Waals surface area contributed by atoms with Crippen LogP contribution in [0.3, 0.4) is 0 Å². The molecule has 1 atom stereocenters. The second-order valence-corrected chi connectivity index (χ2v) is 7.52. The normalized spacial score (nSPS) is 17.6. The number of halogens is 3. The van der Waals surface area contributed by atoms with E-state index >= 15 is 0 Å². The molecule has 7 nitrogen and oxygen atoms in total. The van der Waals surface area contributed by atoms with E-state index in [1.807, 2.05) is 13.8 Å². The van der Waals surface area contributed by atoms with E-state index in [1.54, 1.807) is 16.5 Å². The van der Waals surface area contributed by atoms with Crippen LogP contribution < -0.4 is 11.0 Å². The van der Waals surface area contributed by atoms with Gasteiger partial charge in [-0.2, -0.15) is 18.3 Å². The van der Waals surface area contributed by atoms with Crippen molar-refractivity contribution in [3.8, 4) is 0 Å². The maximum atomic E-state index is 12.7. The van der Waals surface area contributed by atoms with Gasteiger partial charge < -0.3 is 10.2 Å². The molecule has 2 heterocycles. The van der Waals surface area contributed by atoms with Gasteiger partial charge in [0.1, 0.15) is 5.82 Å². The highest BCUT2D eigenvalue weighted by molar-refractivity contribution is 5.89. The summed E-state index contributed by atoms with van der Waals surface area (Å²) in [7, 11) is 1.60. The maximum absolute atomic E-state index is 12.7. The van der Waals surface area contributed by atoms with Crippen LogP contribution in [0, 0.1) is 0 Å². The Hall–Kier alpha value is -2.78. The zero-order chi connectivity index (χ0) is 21.3. The highest BCUT2D eigenvalue weighted by Crippen LogP contribution is 2.30. The molecule has 3 rings (SSSR count). The molecule has 10 heteroatoms. The third-order valence-corrected chi connectivity index (χ3v) is 5.04. The molecule has 0 saturated carbocycles. The lowest BCUT2D eigenvalue weighted by Crippen LogP contribution is -2.42. The topological polar surface area (TPSA) is 72.2 Å². The molecule has 2 aromatic rings. The number of carbonyl (C=O) groups is 1. The number of likely N-dealkylation sites (tertiary alicyclic amines) is 1. The Bertz CT molecular complexity index is 931. The number of alkyl halides is 3. The average Bonchev–Trinajstić information content (AvgIpc) is 2.96. The minimum Gasteiger partial charge on any atom is -0.324 e. The van der Waals surface area contributed by atoms with Crippen molar-refractivity contribution in [2.75, 3.05) is 18.4 Å². The van der Waals surface area contributed by atoms with Crippen molar-refractivity contribution in [3.05, 3.63) is 46.1 Å². The Morgan fingerprint density at radius 1 is 1.24 bits per heavy atom. The third-order valence-electron chi connectivity index (χ3n) is 5.04. The Morgan fingerprint density at radius 3 is 2.48 bits per heavy atom. The lowest BCUT2D eigenvalue weighted by Gasteiger charge is -2.32. The summed E-state index contributed by atoms with van der Waals surface area (Å²) in [6.07, 6.45) is -2.88. The van der Waals surface area contributed by atoms with E-state index in [0.717, 1.165) is 25.0 Å². The van der Waals surface area contributed by atoms with Crippen LogP contribution in [0.5, 0.6) is 0 Å². The molecule has 0 radical (unpaired) electrons. The number of aromatic nitrogens is 3. The molecule has 1 saturated heterocycles. The van der Waals surface area contributed by atoms with E-state index < -0.39 is 11.7 Å².